The second kappa shape index (κ2) is 4.65. The molecule has 1 saturated heterocycles. The van der Waals surface area contributed by atoms with Gasteiger partial charge in [0.25, 0.3) is 0 Å². The lowest BCUT2D eigenvalue weighted by Gasteiger charge is -2.15. The lowest BCUT2D eigenvalue weighted by molar-refractivity contribution is 0.182. The maximum atomic E-state index is 6.23. The third-order valence-corrected chi connectivity index (χ3v) is 4.11. The van der Waals surface area contributed by atoms with Crippen molar-refractivity contribution in [3.8, 4) is 0 Å². The van der Waals surface area contributed by atoms with Gasteiger partial charge in [-0.3, -0.25) is 0 Å². The van der Waals surface area contributed by atoms with Crippen LogP contribution in [0, 0.1) is 11.8 Å². The van der Waals surface area contributed by atoms with Gasteiger partial charge < -0.3 is 4.74 Å². The molecule has 3 unspecified atom stereocenters. The molecular formula is C11H19ClO. The highest BCUT2D eigenvalue weighted by atomic mass is 35.5. The van der Waals surface area contributed by atoms with Crippen LogP contribution in [0.1, 0.15) is 38.5 Å². The zero-order chi connectivity index (χ0) is 9.10. The molecule has 1 aliphatic heterocycles. The molecule has 2 heteroatoms. The molecule has 0 bridgehead atoms. The average Bonchev–Trinajstić information content (AvgIpc) is 2.72. The summed E-state index contributed by atoms with van der Waals surface area (Å²) in [5, 5.41) is 0.474. The zero-order valence-corrected chi connectivity index (χ0v) is 8.93. The van der Waals surface area contributed by atoms with Crippen LogP contribution in [-0.2, 0) is 4.74 Å². The Morgan fingerprint density at radius 1 is 1.15 bits per heavy atom. The molecular weight excluding hydrogens is 184 g/mol. The fourth-order valence-electron chi connectivity index (χ4n) is 2.58. The van der Waals surface area contributed by atoms with Gasteiger partial charge >= 0.3 is 0 Å². The maximum Gasteiger partial charge on any atom is 0.0495 e. The smallest absolute Gasteiger partial charge is 0.0495 e. The highest BCUT2D eigenvalue weighted by molar-refractivity contribution is 6.20. The Bertz CT molecular complexity index is 154. The minimum atomic E-state index is 0.474. The van der Waals surface area contributed by atoms with Crippen molar-refractivity contribution >= 4 is 11.6 Å². The minimum absolute atomic E-state index is 0.474. The van der Waals surface area contributed by atoms with Gasteiger partial charge in [0.1, 0.15) is 0 Å². The average molecular weight is 203 g/mol. The largest absolute Gasteiger partial charge is 0.381 e. The first-order chi connectivity index (χ1) is 6.36. The Hall–Kier alpha value is 0.250. The van der Waals surface area contributed by atoms with Gasteiger partial charge in [-0.05, 0) is 43.9 Å². The van der Waals surface area contributed by atoms with E-state index in [0.717, 1.165) is 25.0 Å². The molecule has 13 heavy (non-hydrogen) atoms. The van der Waals surface area contributed by atoms with Crippen LogP contribution in [0.25, 0.3) is 0 Å². The molecule has 1 aliphatic carbocycles. The standard InChI is InChI=1S/C11H19ClO/c12-11-3-1-2-10(11)5-4-9-6-7-13-8-9/h9-11H,1-8H2. The summed E-state index contributed by atoms with van der Waals surface area (Å²) in [6, 6.07) is 0. The number of rotatable bonds is 3. The quantitative estimate of drug-likeness (QED) is 0.639. The van der Waals surface area contributed by atoms with Crippen LogP contribution in [0.3, 0.4) is 0 Å². The molecule has 1 heterocycles. The molecule has 1 nitrogen and oxygen atoms in total. The first-order valence-corrected chi connectivity index (χ1v) is 6.01. The van der Waals surface area contributed by atoms with Crippen molar-refractivity contribution in [1.82, 2.24) is 0 Å². The number of alkyl halides is 1. The van der Waals surface area contributed by atoms with E-state index in [-0.39, 0.29) is 0 Å². The summed E-state index contributed by atoms with van der Waals surface area (Å²) in [5.74, 6) is 1.65. The van der Waals surface area contributed by atoms with Crippen molar-refractivity contribution < 1.29 is 4.74 Å². The van der Waals surface area contributed by atoms with Gasteiger partial charge in [-0.25, -0.2) is 0 Å². The van der Waals surface area contributed by atoms with Crippen LogP contribution in [0.4, 0.5) is 0 Å². The monoisotopic (exact) mass is 202 g/mol. The molecule has 2 aliphatic rings. The number of ether oxygens (including phenoxy) is 1. The second-order valence-corrected chi connectivity index (χ2v) is 5.07. The van der Waals surface area contributed by atoms with Crippen LogP contribution in [-0.4, -0.2) is 18.6 Å². The maximum absolute atomic E-state index is 6.23. The molecule has 76 valence electrons. The van der Waals surface area contributed by atoms with E-state index >= 15 is 0 Å². The molecule has 0 amide bonds. The van der Waals surface area contributed by atoms with E-state index in [4.69, 9.17) is 16.3 Å². The highest BCUT2D eigenvalue weighted by Gasteiger charge is 2.26. The van der Waals surface area contributed by atoms with E-state index in [2.05, 4.69) is 0 Å². The molecule has 0 spiro atoms. The molecule has 2 fully saturated rings. The summed E-state index contributed by atoms with van der Waals surface area (Å²) < 4.78 is 5.37. The summed E-state index contributed by atoms with van der Waals surface area (Å²) >= 11 is 6.23. The Labute approximate surface area is 85.8 Å². The third kappa shape index (κ3) is 2.60. The van der Waals surface area contributed by atoms with E-state index in [9.17, 15) is 0 Å². The van der Waals surface area contributed by atoms with Gasteiger partial charge in [0.15, 0.2) is 0 Å². The lowest BCUT2D eigenvalue weighted by Crippen LogP contribution is -2.09. The molecule has 1 saturated carbocycles. The SMILES string of the molecule is ClC1CCCC1CCC1CCOC1. The van der Waals surface area contributed by atoms with Gasteiger partial charge in [0.2, 0.25) is 0 Å². The summed E-state index contributed by atoms with van der Waals surface area (Å²) in [6.07, 6.45) is 7.91. The van der Waals surface area contributed by atoms with Crippen molar-refractivity contribution in [3.63, 3.8) is 0 Å². The third-order valence-electron chi connectivity index (χ3n) is 3.54. The van der Waals surface area contributed by atoms with Crippen LogP contribution < -0.4 is 0 Å². The van der Waals surface area contributed by atoms with Crippen LogP contribution in [0.2, 0.25) is 0 Å². The van der Waals surface area contributed by atoms with Crippen molar-refractivity contribution in [2.24, 2.45) is 11.8 Å². The fourth-order valence-corrected chi connectivity index (χ4v) is 2.98. The van der Waals surface area contributed by atoms with Crippen LogP contribution in [0.5, 0.6) is 0 Å². The van der Waals surface area contributed by atoms with E-state index < -0.39 is 0 Å². The van der Waals surface area contributed by atoms with E-state index in [1.807, 2.05) is 0 Å². The molecule has 0 radical (unpaired) electrons. The Kier molecular flexibility index (Phi) is 3.51. The first-order valence-electron chi connectivity index (χ1n) is 5.58. The molecule has 0 aromatic carbocycles. The summed E-state index contributed by atoms with van der Waals surface area (Å²) in [7, 11) is 0. The number of halogens is 1. The van der Waals surface area contributed by atoms with Crippen LogP contribution in [0.15, 0.2) is 0 Å². The summed E-state index contributed by atoms with van der Waals surface area (Å²) in [6.45, 7) is 1.99. The van der Waals surface area contributed by atoms with Gasteiger partial charge in [-0.15, -0.1) is 11.6 Å². The van der Waals surface area contributed by atoms with E-state index in [0.29, 0.717) is 5.38 Å². The summed E-state index contributed by atoms with van der Waals surface area (Å²) in [4.78, 5) is 0. The molecule has 2 rings (SSSR count). The van der Waals surface area contributed by atoms with Crippen LogP contribution >= 0.6 is 11.6 Å². The Morgan fingerprint density at radius 3 is 2.69 bits per heavy atom. The minimum Gasteiger partial charge on any atom is -0.381 e. The summed E-state index contributed by atoms with van der Waals surface area (Å²) in [5.41, 5.74) is 0. The van der Waals surface area contributed by atoms with Gasteiger partial charge in [-0.2, -0.15) is 0 Å². The van der Waals surface area contributed by atoms with Crippen molar-refractivity contribution in [1.29, 1.82) is 0 Å². The van der Waals surface area contributed by atoms with Gasteiger partial charge in [-0.1, -0.05) is 6.42 Å². The zero-order valence-electron chi connectivity index (χ0n) is 8.18. The Morgan fingerprint density at radius 2 is 2.08 bits per heavy atom. The van der Waals surface area contributed by atoms with Crippen molar-refractivity contribution in [2.45, 2.75) is 43.9 Å². The Balaban J connectivity index is 1.66. The number of hydrogen-bond donors (Lipinski definition) is 0. The number of hydrogen-bond acceptors (Lipinski definition) is 1. The topological polar surface area (TPSA) is 9.23 Å². The molecule has 0 aromatic rings. The predicted octanol–water partition coefficient (Wildman–Crippen LogP) is 3.21. The highest BCUT2D eigenvalue weighted by Crippen LogP contribution is 2.35. The molecule has 0 aromatic heterocycles. The lowest BCUT2D eigenvalue weighted by atomic mass is 9.94. The normalized spacial score (nSPS) is 39.9. The molecule has 3 atom stereocenters. The second-order valence-electron chi connectivity index (χ2n) is 4.51. The first kappa shape index (κ1) is 9.79. The van der Waals surface area contributed by atoms with Crippen molar-refractivity contribution in [2.75, 3.05) is 13.2 Å². The fraction of sp³-hybridized carbons (Fsp3) is 1.00. The predicted molar refractivity (Wildman–Crippen MR) is 55.1 cm³/mol. The van der Waals surface area contributed by atoms with Gasteiger partial charge in [0, 0.05) is 18.6 Å². The van der Waals surface area contributed by atoms with E-state index in [1.54, 1.807) is 0 Å². The molecule has 0 N–H and O–H groups in total. The van der Waals surface area contributed by atoms with E-state index in [1.165, 1.54) is 38.5 Å². The van der Waals surface area contributed by atoms with Crippen molar-refractivity contribution in [3.05, 3.63) is 0 Å². The van der Waals surface area contributed by atoms with Gasteiger partial charge in [0.05, 0.1) is 0 Å².